The van der Waals surface area contributed by atoms with Crippen molar-refractivity contribution in [1.82, 2.24) is 15.1 Å². The van der Waals surface area contributed by atoms with Gasteiger partial charge in [-0.05, 0) is 25.5 Å². The molecular weight excluding hydrogens is 218 g/mol. The molecule has 1 spiro atoms. The normalized spacial score (nSPS) is 32.0. The fourth-order valence-electron chi connectivity index (χ4n) is 2.99. The second-order valence-corrected chi connectivity index (χ2v) is 4.96. The van der Waals surface area contributed by atoms with E-state index in [9.17, 15) is 0 Å². The van der Waals surface area contributed by atoms with Crippen molar-refractivity contribution in [1.29, 1.82) is 0 Å². The summed E-state index contributed by atoms with van der Waals surface area (Å²) < 4.78 is 13.5. The third-order valence-corrected chi connectivity index (χ3v) is 3.78. The first kappa shape index (κ1) is 11.2. The summed E-state index contributed by atoms with van der Waals surface area (Å²) >= 11 is 0. The number of ether oxygens (including phenoxy) is 2. The van der Waals surface area contributed by atoms with Crippen LogP contribution in [0.4, 0.5) is 0 Å². The molecule has 2 aliphatic heterocycles. The molecule has 5 nitrogen and oxygen atoms in total. The van der Waals surface area contributed by atoms with E-state index in [1.807, 2.05) is 6.20 Å². The largest absolute Gasteiger partial charge is 0.382 e. The molecule has 1 fully saturated rings. The standard InChI is InChI=1S/C12H19N3O2/c1-9-5-14-15-10(6-16-2)7-17-12(11(9)15)3-4-13-8-12/h5,10,13H,3-4,6-8H2,1-2H3. The molecule has 0 aliphatic carbocycles. The fourth-order valence-corrected chi connectivity index (χ4v) is 2.99. The van der Waals surface area contributed by atoms with Gasteiger partial charge in [0.05, 0.1) is 31.1 Å². The van der Waals surface area contributed by atoms with E-state index in [-0.39, 0.29) is 11.6 Å². The van der Waals surface area contributed by atoms with Crippen LogP contribution in [0.5, 0.6) is 0 Å². The zero-order chi connectivity index (χ0) is 11.9. The predicted molar refractivity (Wildman–Crippen MR) is 63.0 cm³/mol. The first-order valence-electron chi connectivity index (χ1n) is 6.15. The van der Waals surface area contributed by atoms with Crippen molar-refractivity contribution in [3.63, 3.8) is 0 Å². The van der Waals surface area contributed by atoms with Crippen molar-refractivity contribution in [2.75, 3.05) is 33.4 Å². The van der Waals surface area contributed by atoms with Crippen molar-refractivity contribution in [2.24, 2.45) is 0 Å². The Labute approximate surface area is 101 Å². The highest BCUT2D eigenvalue weighted by atomic mass is 16.5. The number of hydrogen-bond acceptors (Lipinski definition) is 4. The molecule has 1 aromatic heterocycles. The molecule has 0 saturated carbocycles. The van der Waals surface area contributed by atoms with E-state index in [0.29, 0.717) is 13.2 Å². The average molecular weight is 237 g/mol. The van der Waals surface area contributed by atoms with E-state index >= 15 is 0 Å². The molecule has 0 bridgehead atoms. The lowest BCUT2D eigenvalue weighted by Gasteiger charge is -2.38. The zero-order valence-electron chi connectivity index (χ0n) is 10.4. The van der Waals surface area contributed by atoms with Gasteiger partial charge in [0.15, 0.2) is 0 Å². The van der Waals surface area contributed by atoms with Gasteiger partial charge >= 0.3 is 0 Å². The second kappa shape index (κ2) is 4.08. The van der Waals surface area contributed by atoms with Crippen molar-refractivity contribution in [2.45, 2.75) is 25.0 Å². The van der Waals surface area contributed by atoms with Gasteiger partial charge in [-0.15, -0.1) is 0 Å². The van der Waals surface area contributed by atoms with Crippen LogP contribution < -0.4 is 5.32 Å². The lowest BCUT2D eigenvalue weighted by molar-refractivity contribution is -0.0915. The predicted octanol–water partition coefficient (Wildman–Crippen LogP) is 0.598. The first-order chi connectivity index (χ1) is 8.27. The molecule has 94 valence electrons. The summed E-state index contributed by atoms with van der Waals surface area (Å²) in [5.41, 5.74) is 2.29. The van der Waals surface area contributed by atoms with Crippen LogP contribution in [-0.2, 0) is 15.1 Å². The van der Waals surface area contributed by atoms with Gasteiger partial charge in [0.1, 0.15) is 5.60 Å². The molecule has 0 amide bonds. The third-order valence-electron chi connectivity index (χ3n) is 3.78. The SMILES string of the molecule is COCC1COC2(CCNC2)c2c(C)cnn21. The third kappa shape index (κ3) is 1.61. The minimum absolute atomic E-state index is 0.162. The first-order valence-corrected chi connectivity index (χ1v) is 6.15. The van der Waals surface area contributed by atoms with Crippen LogP contribution in [0.25, 0.3) is 0 Å². The lowest BCUT2D eigenvalue weighted by Crippen LogP contribution is -2.43. The highest BCUT2D eigenvalue weighted by molar-refractivity contribution is 5.27. The van der Waals surface area contributed by atoms with Crippen molar-refractivity contribution >= 4 is 0 Å². The number of rotatable bonds is 2. The average Bonchev–Trinajstić information content (AvgIpc) is 2.92. The number of methoxy groups -OCH3 is 1. The van der Waals surface area contributed by atoms with Gasteiger partial charge in [-0.3, -0.25) is 4.68 Å². The van der Waals surface area contributed by atoms with Gasteiger partial charge in [-0.1, -0.05) is 0 Å². The van der Waals surface area contributed by atoms with E-state index in [1.54, 1.807) is 7.11 Å². The minimum atomic E-state index is -0.162. The molecule has 1 N–H and O–H groups in total. The quantitative estimate of drug-likeness (QED) is 0.818. The van der Waals surface area contributed by atoms with Crippen LogP contribution in [0, 0.1) is 6.92 Å². The summed E-state index contributed by atoms with van der Waals surface area (Å²) in [4.78, 5) is 0. The number of aromatic nitrogens is 2. The van der Waals surface area contributed by atoms with Crippen LogP contribution in [0.1, 0.15) is 23.7 Å². The summed E-state index contributed by atoms with van der Waals surface area (Å²) in [6.45, 7) is 5.34. The van der Waals surface area contributed by atoms with E-state index in [0.717, 1.165) is 19.5 Å². The molecule has 2 atom stereocenters. The van der Waals surface area contributed by atoms with Crippen LogP contribution in [0.2, 0.25) is 0 Å². The molecule has 1 aromatic rings. The van der Waals surface area contributed by atoms with Crippen LogP contribution in [0.15, 0.2) is 6.20 Å². The molecule has 2 aliphatic rings. The summed E-state index contributed by atoms with van der Waals surface area (Å²) in [7, 11) is 1.72. The Morgan fingerprint density at radius 3 is 3.29 bits per heavy atom. The fraction of sp³-hybridized carbons (Fsp3) is 0.750. The number of aryl methyl sites for hydroxylation is 1. The Kier molecular flexibility index (Phi) is 2.69. The highest BCUT2D eigenvalue weighted by Crippen LogP contribution is 2.39. The van der Waals surface area contributed by atoms with Crippen LogP contribution in [-0.4, -0.2) is 43.2 Å². The van der Waals surface area contributed by atoms with E-state index in [2.05, 4.69) is 22.0 Å². The Bertz CT molecular complexity index is 410. The molecule has 17 heavy (non-hydrogen) atoms. The molecule has 5 heteroatoms. The van der Waals surface area contributed by atoms with Gasteiger partial charge in [0, 0.05) is 13.7 Å². The summed E-state index contributed by atoms with van der Waals surface area (Å²) in [5, 5.41) is 7.89. The van der Waals surface area contributed by atoms with E-state index in [4.69, 9.17) is 9.47 Å². The van der Waals surface area contributed by atoms with Crippen molar-refractivity contribution < 1.29 is 9.47 Å². The zero-order valence-corrected chi connectivity index (χ0v) is 10.4. The van der Waals surface area contributed by atoms with Crippen LogP contribution >= 0.6 is 0 Å². The summed E-state index contributed by atoms with van der Waals surface area (Å²) in [6, 6.07) is 0.204. The maximum absolute atomic E-state index is 6.15. The molecule has 0 aromatic carbocycles. The molecule has 0 radical (unpaired) electrons. The second-order valence-electron chi connectivity index (χ2n) is 4.96. The molecule has 2 unspecified atom stereocenters. The number of nitrogens with one attached hydrogen (secondary N) is 1. The Morgan fingerprint density at radius 2 is 2.59 bits per heavy atom. The monoisotopic (exact) mass is 237 g/mol. The topological polar surface area (TPSA) is 48.3 Å². The van der Waals surface area contributed by atoms with Crippen molar-refractivity contribution in [3.8, 4) is 0 Å². The number of nitrogens with zero attached hydrogens (tertiary/aromatic N) is 2. The summed E-state index contributed by atoms with van der Waals surface area (Å²) in [6.07, 6.45) is 2.96. The Morgan fingerprint density at radius 1 is 1.71 bits per heavy atom. The summed E-state index contributed by atoms with van der Waals surface area (Å²) in [5.74, 6) is 0. The molecule has 1 saturated heterocycles. The van der Waals surface area contributed by atoms with Gasteiger partial charge in [-0.25, -0.2) is 0 Å². The Hall–Kier alpha value is -0.910. The van der Waals surface area contributed by atoms with Gasteiger partial charge < -0.3 is 14.8 Å². The number of hydrogen-bond donors (Lipinski definition) is 1. The van der Waals surface area contributed by atoms with Crippen molar-refractivity contribution in [3.05, 3.63) is 17.5 Å². The van der Waals surface area contributed by atoms with E-state index in [1.165, 1.54) is 11.3 Å². The maximum atomic E-state index is 6.15. The lowest BCUT2D eigenvalue weighted by atomic mass is 9.93. The molecule has 3 rings (SSSR count). The minimum Gasteiger partial charge on any atom is -0.382 e. The maximum Gasteiger partial charge on any atom is 0.124 e. The van der Waals surface area contributed by atoms with Gasteiger partial charge in [0.2, 0.25) is 0 Å². The number of fused-ring (bicyclic) bond motifs is 2. The highest BCUT2D eigenvalue weighted by Gasteiger charge is 2.45. The van der Waals surface area contributed by atoms with E-state index < -0.39 is 0 Å². The molecular formula is C12H19N3O2. The van der Waals surface area contributed by atoms with Gasteiger partial charge in [-0.2, -0.15) is 5.10 Å². The van der Waals surface area contributed by atoms with Crippen LogP contribution in [0.3, 0.4) is 0 Å². The molecule has 3 heterocycles. The smallest absolute Gasteiger partial charge is 0.124 e. The Balaban J connectivity index is 2.02. The van der Waals surface area contributed by atoms with Gasteiger partial charge in [0.25, 0.3) is 0 Å².